The van der Waals surface area contributed by atoms with Crippen molar-refractivity contribution in [3.63, 3.8) is 0 Å². The minimum atomic E-state index is -1.02. The van der Waals surface area contributed by atoms with Gasteiger partial charge in [0, 0.05) is 19.5 Å². The van der Waals surface area contributed by atoms with Gasteiger partial charge >= 0.3 is 6.03 Å². The van der Waals surface area contributed by atoms with Gasteiger partial charge in [-0.1, -0.05) is 66.7 Å². The largest absolute Gasteiger partial charge is 0.497 e. The third-order valence-electron chi connectivity index (χ3n) is 8.40. The number of hydrogen-bond acceptors (Lipinski definition) is 6. The molecule has 10 heteroatoms. The van der Waals surface area contributed by atoms with Crippen LogP contribution in [0.1, 0.15) is 36.1 Å². The van der Waals surface area contributed by atoms with Crippen LogP contribution in [0, 0.1) is 0 Å². The van der Waals surface area contributed by atoms with E-state index in [1.165, 1.54) is 5.56 Å². The van der Waals surface area contributed by atoms with Gasteiger partial charge in [-0.05, 0) is 61.1 Å². The summed E-state index contributed by atoms with van der Waals surface area (Å²) in [5.41, 5.74) is 3.01. The third-order valence-corrected chi connectivity index (χ3v) is 8.40. The Morgan fingerprint density at radius 3 is 2.09 bits per heavy atom. The van der Waals surface area contributed by atoms with E-state index in [1.807, 2.05) is 60.7 Å². The topological polar surface area (TPSA) is 129 Å². The highest BCUT2D eigenvalue weighted by atomic mass is 16.6. The van der Waals surface area contributed by atoms with Crippen molar-refractivity contribution in [2.45, 2.75) is 63.4 Å². The zero-order chi connectivity index (χ0) is 32.0. The molecule has 236 valence electrons. The number of nitrogens with zero attached hydrogens (tertiary/aromatic N) is 1. The highest BCUT2D eigenvalue weighted by Crippen LogP contribution is 2.29. The molecule has 0 radical (unpaired) electrons. The maximum absolute atomic E-state index is 13.8. The number of urea groups is 1. The molecule has 2 aliphatic heterocycles. The van der Waals surface area contributed by atoms with Crippen molar-refractivity contribution in [2.75, 3.05) is 20.3 Å². The van der Waals surface area contributed by atoms with E-state index in [2.05, 4.69) is 22.0 Å². The molecule has 0 aromatic heterocycles. The Morgan fingerprint density at radius 2 is 1.42 bits per heavy atom. The van der Waals surface area contributed by atoms with Crippen molar-refractivity contribution in [1.29, 1.82) is 0 Å². The number of hydrogen-bond donors (Lipinski definition) is 3. The molecule has 45 heavy (non-hydrogen) atoms. The fourth-order valence-electron chi connectivity index (χ4n) is 5.46. The molecule has 4 amide bonds. The first kappa shape index (κ1) is 31.7. The van der Waals surface area contributed by atoms with Gasteiger partial charge in [-0.25, -0.2) is 4.79 Å². The zero-order valence-electron chi connectivity index (χ0n) is 25.9. The number of carbonyl (C=O) groups excluding carboxylic acids is 4. The van der Waals surface area contributed by atoms with E-state index in [0.29, 0.717) is 25.4 Å². The first-order chi connectivity index (χ1) is 21.6. The number of ether oxygens (including phenoxy) is 2. The zero-order valence-corrected chi connectivity index (χ0v) is 25.9. The molecule has 1 fully saturated rings. The van der Waals surface area contributed by atoms with Gasteiger partial charge < -0.3 is 30.3 Å². The van der Waals surface area contributed by atoms with Gasteiger partial charge in [0.05, 0.1) is 19.8 Å². The second-order valence-corrected chi connectivity index (χ2v) is 11.9. The molecule has 0 bridgehead atoms. The molecule has 0 saturated carbocycles. The van der Waals surface area contributed by atoms with Crippen molar-refractivity contribution < 1.29 is 28.7 Å². The second-order valence-electron chi connectivity index (χ2n) is 11.9. The summed E-state index contributed by atoms with van der Waals surface area (Å²) in [7, 11) is 1.57. The maximum atomic E-state index is 13.8. The molecule has 0 aliphatic carbocycles. The molecule has 2 heterocycles. The lowest BCUT2D eigenvalue weighted by Gasteiger charge is -2.30. The molecule has 5 rings (SSSR count). The summed E-state index contributed by atoms with van der Waals surface area (Å²) in [6, 6.07) is 21.4. The molecule has 0 unspecified atom stereocenters. The van der Waals surface area contributed by atoms with Crippen molar-refractivity contribution in [3.8, 4) is 5.75 Å². The third kappa shape index (κ3) is 8.07. The van der Waals surface area contributed by atoms with E-state index in [1.54, 1.807) is 38.0 Å². The van der Waals surface area contributed by atoms with Crippen LogP contribution in [0.15, 0.2) is 78.9 Å². The van der Waals surface area contributed by atoms with Gasteiger partial charge in [-0.2, -0.15) is 0 Å². The predicted molar refractivity (Wildman–Crippen MR) is 169 cm³/mol. The van der Waals surface area contributed by atoms with E-state index in [-0.39, 0.29) is 24.7 Å². The SMILES string of the molecule is COc1ccc(C[C@H](NC(=O)[C@H](C)NC(=O)N2CCc3ccccc3C2)C(=O)N[C@@H](Cc2ccccc2)C(=O)[C@@]2(C)CO2)cc1. The number of nitrogens with one attached hydrogen (secondary N) is 3. The van der Waals surface area contributed by atoms with Crippen LogP contribution in [0.25, 0.3) is 0 Å². The molecule has 4 atom stereocenters. The smallest absolute Gasteiger partial charge is 0.318 e. The van der Waals surface area contributed by atoms with E-state index in [0.717, 1.165) is 23.1 Å². The van der Waals surface area contributed by atoms with Gasteiger partial charge in [0.2, 0.25) is 11.8 Å². The lowest BCUT2D eigenvalue weighted by atomic mass is 9.94. The molecule has 0 spiro atoms. The van der Waals surface area contributed by atoms with Crippen LogP contribution in [0.3, 0.4) is 0 Å². The Morgan fingerprint density at radius 1 is 0.822 bits per heavy atom. The van der Waals surface area contributed by atoms with Crippen LogP contribution in [0.2, 0.25) is 0 Å². The second kappa shape index (κ2) is 13.9. The number of epoxide rings is 1. The van der Waals surface area contributed by atoms with Crippen molar-refractivity contribution in [3.05, 3.63) is 101 Å². The van der Waals surface area contributed by atoms with Crippen LogP contribution in [0.5, 0.6) is 5.75 Å². The van der Waals surface area contributed by atoms with Crippen LogP contribution >= 0.6 is 0 Å². The van der Waals surface area contributed by atoms with Gasteiger partial charge in [0.25, 0.3) is 0 Å². The Kier molecular flexibility index (Phi) is 9.83. The van der Waals surface area contributed by atoms with E-state index >= 15 is 0 Å². The molecule has 3 aromatic rings. The number of rotatable bonds is 12. The van der Waals surface area contributed by atoms with E-state index < -0.39 is 35.5 Å². The first-order valence-electron chi connectivity index (χ1n) is 15.2. The molecular formula is C35H40N4O6. The highest BCUT2D eigenvalue weighted by molar-refractivity contribution is 5.98. The van der Waals surface area contributed by atoms with Crippen molar-refractivity contribution in [2.24, 2.45) is 0 Å². The molecule has 10 nitrogen and oxygen atoms in total. The Balaban J connectivity index is 1.29. The first-order valence-corrected chi connectivity index (χ1v) is 15.2. The Labute approximate surface area is 263 Å². The number of Topliss-reactive ketones (excluding diaryl/α,β-unsaturated/α-hetero) is 1. The summed E-state index contributed by atoms with van der Waals surface area (Å²) in [6.07, 6.45) is 1.17. The Bertz CT molecular complexity index is 1520. The molecular weight excluding hydrogens is 572 g/mol. The van der Waals surface area contributed by atoms with Gasteiger partial charge in [-0.15, -0.1) is 0 Å². The van der Waals surface area contributed by atoms with E-state index in [9.17, 15) is 19.2 Å². The minimum Gasteiger partial charge on any atom is -0.497 e. The van der Waals surface area contributed by atoms with Crippen LogP contribution < -0.4 is 20.7 Å². The van der Waals surface area contributed by atoms with Gasteiger partial charge in [0.1, 0.15) is 23.4 Å². The van der Waals surface area contributed by atoms with Gasteiger partial charge in [-0.3, -0.25) is 14.4 Å². The van der Waals surface area contributed by atoms with Crippen LogP contribution in [-0.2, 0) is 44.9 Å². The summed E-state index contributed by atoms with van der Waals surface area (Å²) in [5, 5.41) is 8.50. The van der Waals surface area contributed by atoms with Crippen LogP contribution in [-0.4, -0.2) is 72.5 Å². The number of fused-ring (bicyclic) bond motifs is 1. The standard InChI is InChI=1S/C35H40N4O6/c1-23(36-34(43)39-18-17-26-11-7-8-12-27(26)21-39)32(41)38-30(20-25-13-15-28(44-3)16-14-25)33(42)37-29(31(40)35(2)22-45-35)19-24-9-5-4-6-10-24/h4-16,23,29-30H,17-22H2,1-3H3,(H,36,43)(H,37,42)(H,38,41)/t23-,29-,30-,35+/m0/s1. The summed E-state index contributed by atoms with van der Waals surface area (Å²) >= 11 is 0. The normalized spacial score (nSPS) is 18.9. The molecule has 1 saturated heterocycles. The highest BCUT2D eigenvalue weighted by Gasteiger charge is 2.50. The average Bonchev–Trinajstić information content (AvgIpc) is 3.82. The summed E-state index contributed by atoms with van der Waals surface area (Å²) in [4.78, 5) is 55.4. The van der Waals surface area contributed by atoms with Crippen molar-refractivity contribution in [1.82, 2.24) is 20.9 Å². The quantitative estimate of drug-likeness (QED) is 0.270. The summed E-state index contributed by atoms with van der Waals surface area (Å²) in [5.74, 6) is -0.591. The fraction of sp³-hybridized carbons (Fsp3) is 0.371. The number of amides is 4. The number of benzene rings is 3. The average molecular weight is 613 g/mol. The predicted octanol–water partition coefficient (Wildman–Crippen LogP) is 2.96. The van der Waals surface area contributed by atoms with Crippen molar-refractivity contribution >= 4 is 23.6 Å². The maximum Gasteiger partial charge on any atom is 0.318 e. The minimum absolute atomic E-state index is 0.158. The van der Waals surface area contributed by atoms with Gasteiger partial charge in [0.15, 0.2) is 5.78 Å². The molecule has 3 aromatic carbocycles. The molecule has 3 N–H and O–H groups in total. The number of ketones is 1. The van der Waals surface area contributed by atoms with E-state index in [4.69, 9.17) is 9.47 Å². The monoisotopic (exact) mass is 612 g/mol. The lowest BCUT2D eigenvalue weighted by molar-refractivity contribution is -0.133. The number of carbonyl (C=O) groups is 4. The molecule has 2 aliphatic rings. The number of methoxy groups -OCH3 is 1. The lowest BCUT2D eigenvalue weighted by Crippen LogP contribution is -2.58. The summed E-state index contributed by atoms with van der Waals surface area (Å²) < 4.78 is 10.7. The fourth-order valence-corrected chi connectivity index (χ4v) is 5.46. The Hall–Kier alpha value is -4.70. The summed E-state index contributed by atoms with van der Waals surface area (Å²) in [6.45, 7) is 4.58. The van der Waals surface area contributed by atoms with Crippen LogP contribution in [0.4, 0.5) is 4.79 Å².